The Hall–Kier alpha value is -3.19. The summed E-state index contributed by atoms with van der Waals surface area (Å²) in [4.78, 5) is 16.3. The van der Waals surface area contributed by atoms with E-state index in [0.29, 0.717) is 16.4 Å². The van der Waals surface area contributed by atoms with Gasteiger partial charge < -0.3 is 10.1 Å². The van der Waals surface area contributed by atoms with Crippen molar-refractivity contribution in [3.63, 3.8) is 0 Å². The van der Waals surface area contributed by atoms with Gasteiger partial charge in [-0.3, -0.25) is 20.6 Å². The highest BCUT2D eigenvalue weighted by Crippen LogP contribution is 2.22. The molecule has 3 rings (SSSR count). The normalized spacial score (nSPS) is 10.2. The first-order valence-corrected chi connectivity index (χ1v) is 8.42. The number of benzene rings is 2. The lowest BCUT2D eigenvalue weighted by molar-refractivity contribution is -0.123. The molecule has 1 heterocycles. The van der Waals surface area contributed by atoms with Crippen LogP contribution in [0.15, 0.2) is 60.8 Å². The van der Waals surface area contributed by atoms with Crippen molar-refractivity contribution in [1.82, 2.24) is 15.8 Å². The van der Waals surface area contributed by atoms with Gasteiger partial charge in [0.1, 0.15) is 11.3 Å². The number of hydrogen-bond acceptors (Lipinski definition) is 4. The predicted octanol–water partition coefficient (Wildman–Crippen LogP) is 2.94. The molecule has 26 heavy (non-hydrogen) atoms. The number of carbonyl (C=O) groups is 1. The Morgan fingerprint density at radius 3 is 2.73 bits per heavy atom. The second kappa shape index (κ2) is 8.26. The van der Waals surface area contributed by atoms with Crippen molar-refractivity contribution in [2.45, 2.75) is 6.92 Å². The van der Waals surface area contributed by atoms with Crippen LogP contribution in [0.5, 0.6) is 5.75 Å². The molecular formula is C19H18N4O2S. The van der Waals surface area contributed by atoms with Gasteiger partial charge in [0.25, 0.3) is 5.91 Å². The summed E-state index contributed by atoms with van der Waals surface area (Å²) in [6.07, 6.45) is 1.69. The first kappa shape index (κ1) is 17.6. The number of hydrazine groups is 1. The molecule has 7 heteroatoms. The largest absolute Gasteiger partial charge is 0.481 e. The summed E-state index contributed by atoms with van der Waals surface area (Å²) in [5.41, 5.74) is 7.80. The summed E-state index contributed by atoms with van der Waals surface area (Å²) < 4.78 is 5.57. The number of amides is 1. The number of pyridine rings is 1. The molecule has 0 saturated carbocycles. The van der Waals surface area contributed by atoms with E-state index >= 15 is 0 Å². The smallest absolute Gasteiger partial charge is 0.276 e. The third kappa shape index (κ3) is 4.46. The van der Waals surface area contributed by atoms with Crippen LogP contribution >= 0.6 is 12.2 Å². The average Bonchev–Trinajstić information content (AvgIpc) is 2.66. The SMILES string of the molecule is Cc1ccccc1NC(=S)NNC(=O)COc1cccc2cccnc12. The first-order chi connectivity index (χ1) is 12.6. The topological polar surface area (TPSA) is 75.3 Å². The van der Waals surface area contributed by atoms with E-state index in [-0.39, 0.29) is 12.5 Å². The fourth-order valence-electron chi connectivity index (χ4n) is 2.37. The number of ether oxygens (including phenoxy) is 1. The van der Waals surface area contributed by atoms with Crippen LogP contribution in [-0.2, 0) is 4.79 Å². The van der Waals surface area contributed by atoms with Crippen molar-refractivity contribution >= 4 is 39.8 Å². The number of carbonyl (C=O) groups excluding carboxylic acids is 1. The van der Waals surface area contributed by atoms with Gasteiger partial charge in [0.05, 0.1) is 0 Å². The quantitative estimate of drug-likeness (QED) is 0.487. The zero-order valence-corrected chi connectivity index (χ0v) is 15.0. The lowest BCUT2D eigenvalue weighted by Gasteiger charge is -2.13. The molecule has 3 N–H and O–H groups in total. The van der Waals surface area contributed by atoms with Crippen molar-refractivity contribution in [2.75, 3.05) is 11.9 Å². The molecular weight excluding hydrogens is 348 g/mol. The van der Waals surface area contributed by atoms with Crippen molar-refractivity contribution in [3.05, 3.63) is 66.4 Å². The standard InChI is InChI=1S/C19H18N4O2S/c1-13-6-2-3-9-15(13)21-19(26)23-22-17(24)12-25-16-10-4-7-14-8-5-11-20-18(14)16/h2-11H,12H2,1H3,(H,22,24)(H2,21,23,26). The highest BCUT2D eigenvalue weighted by Gasteiger charge is 2.07. The molecule has 0 aliphatic carbocycles. The summed E-state index contributed by atoms with van der Waals surface area (Å²) in [6, 6.07) is 17.1. The lowest BCUT2D eigenvalue weighted by Crippen LogP contribution is -2.45. The van der Waals surface area contributed by atoms with E-state index in [1.165, 1.54) is 0 Å². The molecule has 0 bridgehead atoms. The van der Waals surface area contributed by atoms with Crippen molar-refractivity contribution in [2.24, 2.45) is 0 Å². The van der Waals surface area contributed by atoms with E-state index < -0.39 is 0 Å². The number of aromatic nitrogens is 1. The number of rotatable bonds is 4. The van der Waals surface area contributed by atoms with Crippen molar-refractivity contribution in [3.8, 4) is 5.75 Å². The van der Waals surface area contributed by atoms with Crippen molar-refractivity contribution < 1.29 is 9.53 Å². The second-order valence-electron chi connectivity index (χ2n) is 5.56. The minimum atomic E-state index is -0.355. The monoisotopic (exact) mass is 366 g/mol. The Morgan fingerprint density at radius 1 is 1.08 bits per heavy atom. The zero-order valence-electron chi connectivity index (χ0n) is 14.2. The Kier molecular flexibility index (Phi) is 5.60. The molecule has 1 amide bonds. The molecule has 1 aromatic heterocycles. The molecule has 132 valence electrons. The number of para-hydroxylation sites is 2. The van der Waals surface area contributed by atoms with E-state index in [1.807, 2.05) is 55.5 Å². The fraction of sp³-hybridized carbons (Fsp3) is 0.105. The van der Waals surface area contributed by atoms with Gasteiger partial charge >= 0.3 is 0 Å². The van der Waals surface area contributed by atoms with E-state index in [2.05, 4.69) is 21.2 Å². The molecule has 6 nitrogen and oxygen atoms in total. The molecule has 0 unspecified atom stereocenters. The Balaban J connectivity index is 1.50. The summed E-state index contributed by atoms with van der Waals surface area (Å²) in [6.45, 7) is 1.81. The van der Waals surface area contributed by atoms with E-state index in [9.17, 15) is 4.79 Å². The fourth-order valence-corrected chi connectivity index (χ4v) is 2.53. The van der Waals surface area contributed by atoms with E-state index in [1.54, 1.807) is 12.3 Å². The minimum Gasteiger partial charge on any atom is -0.481 e. The van der Waals surface area contributed by atoms with Crippen LogP contribution in [0.25, 0.3) is 10.9 Å². The van der Waals surface area contributed by atoms with Crippen LogP contribution in [0.3, 0.4) is 0 Å². The molecule has 3 aromatic rings. The molecule has 0 radical (unpaired) electrons. The molecule has 0 fully saturated rings. The van der Waals surface area contributed by atoms with Gasteiger partial charge in [0, 0.05) is 17.3 Å². The second-order valence-corrected chi connectivity index (χ2v) is 5.97. The number of anilines is 1. The van der Waals surface area contributed by atoms with Crippen LogP contribution in [0.2, 0.25) is 0 Å². The summed E-state index contributed by atoms with van der Waals surface area (Å²) in [5.74, 6) is 0.200. The highest BCUT2D eigenvalue weighted by atomic mass is 32.1. The summed E-state index contributed by atoms with van der Waals surface area (Å²) in [5, 5.41) is 4.26. The number of thiocarbonyl (C=S) groups is 1. The Labute approximate surface area is 156 Å². The first-order valence-electron chi connectivity index (χ1n) is 8.01. The molecule has 2 aromatic carbocycles. The van der Waals surface area contributed by atoms with Gasteiger partial charge in [-0.2, -0.15) is 0 Å². The van der Waals surface area contributed by atoms with Crippen LogP contribution in [0.1, 0.15) is 5.56 Å². The van der Waals surface area contributed by atoms with Gasteiger partial charge in [0.15, 0.2) is 11.7 Å². The third-order valence-corrected chi connectivity index (χ3v) is 3.87. The summed E-state index contributed by atoms with van der Waals surface area (Å²) >= 11 is 5.17. The molecule has 0 aliphatic rings. The summed E-state index contributed by atoms with van der Waals surface area (Å²) in [7, 11) is 0. The van der Waals surface area contributed by atoms with Crippen molar-refractivity contribution in [1.29, 1.82) is 0 Å². The van der Waals surface area contributed by atoms with E-state index in [0.717, 1.165) is 16.6 Å². The number of fused-ring (bicyclic) bond motifs is 1. The van der Waals surface area contributed by atoms with Crippen LogP contribution in [0.4, 0.5) is 5.69 Å². The zero-order chi connectivity index (χ0) is 18.4. The van der Waals surface area contributed by atoms with Crippen LogP contribution < -0.4 is 20.9 Å². The molecule has 0 aliphatic heterocycles. The van der Waals surface area contributed by atoms with Gasteiger partial charge in [-0.25, -0.2) is 0 Å². The highest BCUT2D eigenvalue weighted by molar-refractivity contribution is 7.80. The maximum absolute atomic E-state index is 12.0. The number of hydrogen-bond donors (Lipinski definition) is 3. The third-order valence-electron chi connectivity index (χ3n) is 3.66. The van der Waals surface area contributed by atoms with Gasteiger partial charge in [-0.1, -0.05) is 36.4 Å². The average molecular weight is 366 g/mol. The molecule has 0 atom stereocenters. The Morgan fingerprint density at radius 2 is 1.88 bits per heavy atom. The molecule has 0 saturated heterocycles. The maximum Gasteiger partial charge on any atom is 0.276 e. The molecule has 0 spiro atoms. The minimum absolute atomic E-state index is 0.157. The Bertz CT molecular complexity index is 940. The number of nitrogens with zero attached hydrogens (tertiary/aromatic N) is 1. The number of nitrogens with one attached hydrogen (secondary N) is 3. The maximum atomic E-state index is 12.0. The van der Waals surface area contributed by atoms with Gasteiger partial charge in [-0.15, -0.1) is 0 Å². The number of aryl methyl sites for hydroxylation is 1. The lowest BCUT2D eigenvalue weighted by atomic mass is 10.2. The van der Waals surface area contributed by atoms with E-state index in [4.69, 9.17) is 17.0 Å². The van der Waals surface area contributed by atoms with Gasteiger partial charge in [0.2, 0.25) is 0 Å². The van der Waals surface area contributed by atoms with Crippen LogP contribution in [0, 0.1) is 6.92 Å². The predicted molar refractivity (Wildman–Crippen MR) is 106 cm³/mol. The van der Waals surface area contributed by atoms with Crippen LogP contribution in [-0.4, -0.2) is 22.6 Å². The van der Waals surface area contributed by atoms with Gasteiger partial charge in [-0.05, 0) is 42.9 Å².